The molecular formula is C19H29ClN2O2Si. The smallest absolute Gasteiger partial charge is 0.192 e. The van der Waals surface area contributed by atoms with Crippen LogP contribution in [-0.2, 0) is 28.2 Å². The molecule has 4 nitrogen and oxygen atoms in total. The SMILES string of the molecule is CC(C)(C)[Si](C)(C)OCc1ccc2nc(CCl)n(C[C@@H]3CCO3)c2c1. The van der Waals surface area contributed by atoms with Crippen molar-refractivity contribution in [2.75, 3.05) is 6.61 Å². The summed E-state index contributed by atoms with van der Waals surface area (Å²) in [6.07, 6.45) is 1.39. The van der Waals surface area contributed by atoms with Crippen molar-refractivity contribution in [1.29, 1.82) is 0 Å². The molecule has 0 bridgehead atoms. The number of alkyl halides is 1. The largest absolute Gasteiger partial charge is 0.413 e. The Morgan fingerprint density at radius 2 is 2.08 bits per heavy atom. The van der Waals surface area contributed by atoms with Gasteiger partial charge in [0.15, 0.2) is 8.32 Å². The first-order chi connectivity index (χ1) is 11.7. The molecule has 0 N–H and O–H groups in total. The Bertz CT molecular complexity index is 748. The summed E-state index contributed by atoms with van der Waals surface area (Å²) in [5.41, 5.74) is 3.31. The maximum atomic E-state index is 6.37. The number of benzene rings is 1. The maximum Gasteiger partial charge on any atom is 0.192 e. The first kappa shape index (κ1) is 18.9. The zero-order valence-electron chi connectivity index (χ0n) is 15.9. The van der Waals surface area contributed by atoms with Crippen molar-refractivity contribution < 1.29 is 9.16 Å². The third-order valence-corrected chi connectivity index (χ3v) is 10.3. The summed E-state index contributed by atoms with van der Waals surface area (Å²) in [5, 5.41) is 0.215. The highest BCUT2D eigenvalue weighted by Crippen LogP contribution is 2.37. The number of fused-ring (bicyclic) bond motifs is 1. The standard InChI is InChI=1S/C19H29ClN2O2Si/c1-19(2,3)25(4,5)24-13-14-6-7-16-17(10-14)22(18(11-20)21-16)12-15-8-9-23-15/h6-7,10,15H,8-9,11-13H2,1-5H3/t15-/m0/s1. The van der Waals surface area contributed by atoms with Crippen LogP contribution in [0.2, 0.25) is 18.1 Å². The molecule has 1 aliphatic rings. The van der Waals surface area contributed by atoms with Crippen molar-refractivity contribution in [3.63, 3.8) is 0 Å². The van der Waals surface area contributed by atoms with Gasteiger partial charge in [0.25, 0.3) is 0 Å². The molecule has 1 saturated heterocycles. The van der Waals surface area contributed by atoms with Crippen LogP contribution < -0.4 is 0 Å². The monoisotopic (exact) mass is 380 g/mol. The van der Waals surface area contributed by atoms with Crippen LogP contribution in [0.5, 0.6) is 0 Å². The van der Waals surface area contributed by atoms with Crippen LogP contribution in [-0.4, -0.2) is 30.6 Å². The fourth-order valence-electron chi connectivity index (χ4n) is 2.73. The van der Waals surface area contributed by atoms with E-state index in [1.807, 2.05) is 0 Å². The Balaban J connectivity index is 1.84. The van der Waals surface area contributed by atoms with Gasteiger partial charge in [-0.2, -0.15) is 0 Å². The van der Waals surface area contributed by atoms with Gasteiger partial charge in [-0.1, -0.05) is 26.8 Å². The molecule has 1 aromatic carbocycles. The average molecular weight is 381 g/mol. The van der Waals surface area contributed by atoms with E-state index in [-0.39, 0.29) is 11.1 Å². The van der Waals surface area contributed by atoms with E-state index in [9.17, 15) is 0 Å². The first-order valence-electron chi connectivity index (χ1n) is 9.01. The summed E-state index contributed by atoms with van der Waals surface area (Å²) < 4.78 is 14.2. The third kappa shape index (κ3) is 3.95. The average Bonchev–Trinajstić information content (AvgIpc) is 2.84. The lowest BCUT2D eigenvalue weighted by molar-refractivity contribution is -0.0589. The number of hydrogen-bond acceptors (Lipinski definition) is 3. The molecule has 3 rings (SSSR count). The van der Waals surface area contributed by atoms with Gasteiger partial charge in [-0.15, -0.1) is 11.6 Å². The molecule has 25 heavy (non-hydrogen) atoms. The van der Waals surface area contributed by atoms with Crippen LogP contribution in [0.15, 0.2) is 18.2 Å². The van der Waals surface area contributed by atoms with Gasteiger partial charge in [0.1, 0.15) is 5.82 Å². The number of nitrogens with zero attached hydrogens (tertiary/aromatic N) is 2. The summed E-state index contributed by atoms with van der Waals surface area (Å²) in [7, 11) is -1.76. The van der Waals surface area contributed by atoms with Crippen LogP contribution in [0.4, 0.5) is 0 Å². The first-order valence-corrected chi connectivity index (χ1v) is 12.4. The molecule has 0 saturated carbocycles. The van der Waals surface area contributed by atoms with Gasteiger partial charge in [-0.05, 0) is 42.2 Å². The predicted octanol–water partition coefficient (Wildman–Crippen LogP) is 5.09. The maximum absolute atomic E-state index is 6.37. The molecule has 2 heterocycles. The van der Waals surface area contributed by atoms with Crippen LogP contribution in [0.1, 0.15) is 38.6 Å². The molecule has 2 aromatic rings. The van der Waals surface area contributed by atoms with Crippen LogP contribution in [0.3, 0.4) is 0 Å². The van der Waals surface area contributed by atoms with Crippen LogP contribution in [0, 0.1) is 0 Å². The minimum absolute atomic E-state index is 0.215. The second-order valence-corrected chi connectivity index (χ2v) is 13.5. The Hall–Kier alpha value is -0.883. The molecule has 0 unspecified atom stereocenters. The second-order valence-electron chi connectivity index (χ2n) is 8.43. The number of rotatable bonds is 6. The fourth-order valence-corrected chi connectivity index (χ4v) is 3.89. The van der Waals surface area contributed by atoms with Crippen molar-refractivity contribution in [2.45, 2.75) is 70.5 Å². The van der Waals surface area contributed by atoms with Crippen LogP contribution >= 0.6 is 11.6 Å². The lowest BCUT2D eigenvalue weighted by atomic mass is 10.1. The lowest BCUT2D eigenvalue weighted by Crippen LogP contribution is -2.40. The van der Waals surface area contributed by atoms with Crippen molar-refractivity contribution >= 4 is 31.0 Å². The lowest BCUT2D eigenvalue weighted by Gasteiger charge is -2.36. The van der Waals surface area contributed by atoms with Gasteiger partial charge in [0.05, 0.1) is 36.2 Å². The molecule has 1 fully saturated rings. The van der Waals surface area contributed by atoms with Gasteiger partial charge < -0.3 is 13.7 Å². The Morgan fingerprint density at radius 3 is 2.64 bits per heavy atom. The summed E-state index contributed by atoms with van der Waals surface area (Å²) >= 11 is 6.12. The quantitative estimate of drug-likeness (QED) is 0.517. The number of halogens is 1. The number of aromatic nitrogens is 2. The third-order valence-electron chi connectivity index (χ3n) is 5.60. The molecule has 6 heteroatoms. The van der Waals surface area contributed by atoms with Crippen LogP contribution in [0.25, 0.3) is 11.0 Å². The summed E-state index contributed by atoms with van der Waals surface area (Å²) in [6, 6.07) is 6.39. The zero-order valence-corrected chi connectivity index (χ0v) is 17.7. The number of ether oxygens (including phenoxy) is 1. The van der Waals surface area contributed by atoms with Gasteiger partial charge >= 0.3 is 0 Å². The highest BCUT2D eigenvalue weighted by Gasteiger charge is 2.37. The Kier molecular flexibility index (Phi) is 5.31. The molecule has 0 aliphatic carbocycles. The molecule has 1 aromatic heterocycles. The van der Waals surface area contributed by atoms with Crippen molar-refractivity contribution in [1.82, 2.24) is 9.55 Å². The van der Waals surface area contributed by atoms with E-state index in [0.717, 1.165) is 36.4 Å². The molecular weight excluding hydrogens is 352 g/mol. The topological polar surface area (TPSA) is 36.3 Å². The Labute approximate surface area is 156 Å². The minimum atomic E-state index is -1.76. The predicted molar refractivity (Wildman–Crippen MR) is 106 cm³/mol. The minimum Gasteiger partial charge on any atom is -0.413 e. The van der Waals surface area contributed by atoms with E-state index in [1.54, 1.807) is 0 Å². The number of hydrogen-bond donors (Lipinski definition) is 0. The molecule has 138 valence electrons. The van der Waals surface area contributed by atoms with E-state index < -0.39 is 8.32 Å². The molecule has 1 atom stereocenters. The van der Waals surface area contributed by atoms with Gasteiger partial charge in [0.2, 0.25) is 0 Å². The highest BCUT2D eigenvalue weighted by atomic mass is 35.5. The fraction of sp³-hybridized carbons (Fsp3) is 0.632. The molecule has 0 radical (unpaired) electrons. The van der Waals surface area contributed by atoms with Crippen molar-refractivity contribution in [2.24, 2.45) is 0 Å². The van der Waals surface area contributed by atoms with E-state index in [0.29, 0.717) is 12.5 Å². The zero-order chi connectivity index (χ0) is 18.2. The van der Waals surface area contributed by atoms with E-state index in [2.05, 4.69) is 61.6 Å². The van der Waals surface area contributed by atoms with Crippen molar-refractivity contribution in [3.8, 4) is 0 Å². The second kappa shape index (κ2) is 7.03. The molecule has 0 amide bonds. The summed E-state index contributed by atoms with van der Waals surface area (Å²) in [5.74, 6) is 1.33. The molecule has 0 spiro atoms. The van der Waals surface area contributed by atoms with E-state index in [4.69, 9.17) is 20.8 Å². The van der Waals surface area contributed by atoms with E-state index in [1.165, 1.54) is 5.56 Å². The highest BCUT2D eigenvalue weighted by molar-refractivity contribution is 6.74. The Morgan fingerprint density at radius 1 is 1.36 bits per heavy atom. The number of imidazole rings is 1. The normalized spacial score (nSPS) is 18.6. The van der Waals surface area contributed by atoms with Gasteiger partial charge in [-0.3, -0.25) is 0 Å². The van der Waals surface area contributed by atoms with Crippen molar-refractivity contribution in [3.05, 3.63) is 29.6 Å². The summed E-state index contributed by atoms with van der Waals surface area (Å²) in [6.45, 7) is 13.7. The molecule has 1 aliphatic heterocycles. The van der Waals surface area contributed by atoms with E-state index >= 15 is 0 Å². The van der Waals surface area contributed by atoms with Gasteiger partial charge in [-0.25, -0.2) is 4.98 Å². The van der Waals surface area contributed by atoms with Gasteiger partial charge in [0, 0.05) is 6.61 Å². The summed E-state index contributed by atoms with van der Waals surface area (Å²) in [4.78, 5) is 4.68.